The van der Waals surface area contributed by atoms with E-state index in [0.29, 0.717) is 11.4 Å². The number of anilines is 1. The van der Waals surface area contributed by atoms with Crippen LogP contribution in [0, 0.1) is 0 Å². The summed E-state index contributed by atoms with van der Waals surface area (Å²) in [6.07, 6.45) is 0. The van der Waals surface area contributed by atoms with Crippen molar-refractivity contribution in [3.05, 3.63) is 54.6 Å². The first-order valence-corrected chi connectivity index (χ1v) is 7.49. The van der Waals surface area contributed by atoms with Crippen LogP contribution < -0.4 is 10.5 Å². The first-order valence-electron chi connectivity index (χ1n) is 5.84. The zero-order chi connectivity index (χ0) is 13.7. The Balaban J connectivity index is 1.97. The fourth-order valence-electron chi connectivity index (χ4n) is 1.58. The second kappa shape index (κ2) is 5.75. The molecule has 0 saturated carbocycles. The molecule has 0 heterocycles. The number of hydrogen-bond acceptors (Lipinski definition) is 4. The molecule has 2 aromatic carbocycles. The SMILES string of the molecule is Nc1ccc(S(=O)(=O)CCOc2ccccc2)cc1. The predicted octanol–water partition coefficient (Wildman–Crippen LogP) is 2.12. The summed E-state index contributed by atoms with van der Waals surface area (Å²) in [6, 6.07) is 15.3. The van der Waals surface area contributed by atoms with Crippen LogP contribution in [0.4, 0.5) is 5.69 Å². The summed E-state index contributed by atoms with van der Waals surface area (Å²) in [5, 5.41) is 0. The van der Waals surface area contributed by atoms with Crippen LogP contribution in [0.2, 0.25) is 0 Å². The molecule has 100 valence electrons. The van der Waals surface area contributed by atoms with Crippen molar-refractivity contribution in [2.24, 2.45) is 0 Å². The summed E-state index contributed by atoms with van der Waals surface area (Å²) in [6.45, 7) is 0.122. The van der Waals surface area contributed by atoms with Gasteiger partial charge in [0.2, 0.25) is 0 Å². The quantitative estimate of drug-likeness (QED) is 0.850. The first kappa shape index (κ1) is 13.4. The Kier molecular flexibility index (Phi) is 4.06. The molecule has 2 aromatic rings. The zero-order valence-corrected chi connectivity index (χ0v) is 11.1. The molecule has 0 saturated heterocycles. The van der Waals surface area contributed by atoms with Gasteiger partial charge in [0.1, 0.15) is 12.4 Å². The normalized spacial score (nSPS) is 11.2. The summed E-state index contributed by atoms with van der Waals surface area (Å²) in [5.41, 5.74) is 6.07. The van der Waals surface area contributed by atoms with Crippen molar-refractivity contribution < 1.29 is 13.2 Å². The Hall–Kier alpha value is -2.01. The molecule has 0 atom stereocenters. The number of rotatable bonds is 5. The van der Waals surface area contributed by atoms with Gasteiger partial charge in [-0.2, -0.15) is 0 Å². The van der Waals surface area contributed by atoms with Crippen LogP contribution in [0.1, 0.15) is 0 Å². The molecule has 0 aliphatic heterocycles. The molecular formula is C14H15NO3S. The highest BCUT2D eigenvalue weighted by Gasteiger charge is 2.14. The number of nitrogen functional groups attached to an aromatic ring is 1. The highest BCUT2D eigenvalue weighted by molar-refractivity contribution is 7.91. The lowest BCUT2D eigenvalue weighted by atomic mass is 10.3. The molecule has 5 heteroatoms. The number of benzene rings is 2. The van der Waals surface area contributed by atoms with Crippen LogP contribution in [0.5, 0.6) is 5.75 Å². The largest absolute Gasteiger partial charge is 0.493 e. The number of para-hydroxylation sites is 1. The van der Waals surface area contributed by atoms with E-state index in [9.17, 15) is 8.42 Å². The smallest absolute Gasteiger partial charge is 0.181 e. The molecule has 2 rings (SSSR count). The van der Waals surface area contributed by atoms with Crippen molar-refractivity contribution in [2.75, 3.05) is 18.1 Å². The van der Waals surface area contributed by atoms with Crippen LogP contribution in [0.3, 0.4) is 0 Å². The third-order valence-electron chi connectivity index (χ3n) is 2.60. The maximum absolute atomic E-state index is 12.0. The maximum Gasteiger partial charge on any atom is 0.181 e. The fourth-order valence-corrected chi connectivity index (χ4v) is 2.67. The Morgan fingerprint density at radius 3 is 2.21 bits per heavy atom. The van der Waals surface area contributed by atoms with Gasteiger partial charge >= 0.3 is 0 Å². The molecule has 19 heavy (non-hydrogen) atoms. The highest BCUT2D eigenvalue weighted by atomic mass is 32.2. The van der Waals surface area contributed by atoms with E-state index in [1.165, 1.54) is 12.1 Å². The van der Waals surface area contributed by atoms with Crippen molar-refractivity contribution in [1.82, 2.24) is 0 Å². The fraction of sp³-hybridized carbons (Fsp3) is 0.143. The molecule has 0 aliphatic rings. The zero-order valence-electron chi connectivity index (χ0n) is 10.3. The van der Waals surface area contributed by atoms with Gasteiger partial charge in [0.25, 0.3) is 0 Å². The summed E-state index contributed by atoms with van der Waals surface area (Å²) in [5.74, 6) is 0.598. The summed E-state index contributed by atoms with van der Waals surface area (Å²) >= 11 is 0. The topological polar surface area (TPSA) is 69.4 Å². The van der Waals surface area contributed by atoms with Crippen LogP contribution in [-0.2, 0) is 9.84 Å². The Morgan fingerprint density at radius 1 is 0.947 bits per heavy atom. The Bertz CT molecular complexity index is 622. The van der Waals surface area contributed by atoms with Gasteiger partial charge in [-0.3, -0.25) is 0 Å². The minimum Gasteiger partial charge on any atom is -0.493 e. The summed E-state index contributed by atoms with van der Waals surface area (Å²) in [7, 11) is -3.33. The standard InChI is InChI=1S/C14H15NO3S/c15-12-6-8-14(9-7-12)19(16,17)11-10-18-13-4-2-1-3-5-13/h1-9H,10-11,15H2. The molecule has 0 spiro atoms. The van der Waals surface area contributed by atoms with Gasteiger partial charge in [0.05, 0.1) is 10.6 Å². The molecular weight excluding hydrogens is 262 g/mol. The Morgan fingerprint density at radius 2 is 1.58 bits per heavy atom. The number of sulfone groups is 1. The van der Waals surface area contributed by atoms with Gasteiger partial charge in [-0.15, -0.1) is 0 Å². The molecule has 0 aliphatic carbocycles. The third kappa shape index (κ3) is 3.72. The van der Waals surface area contributed by atoms with E-state index in [1.807, 2.05) is 18.2 Å². The van der Waals surface area contributed by atoms with Gasteiger partial charge in [0.15, 0.2) is 9.84 Å². The molecule has 4 nitrogen and oxygen atoms in total. The Labute approximate surface area is 112 Å². The van der Waals surface area contributed by atoms with Gasteiger partial charge in [-0.05, 0) is 36.4 Å². The van der Waals surface area contributed by atoms with E-state index in [4.69, 9.17) is 10.5 Å². The van der Waals surface area contributed by atoms with Crippen LogP contribution in [-0.4, -0.2) is 20.8 Å². The molecule has 2 N–H and O–H groups in total. The van der Waals surface area contributed by atoms with E-state index >= 15 is 0 Å². The summed E-state index contributed by atoms with van der Waals surface area (Å²) < 4.78 is 29.4. The third-order valence-corrected chi connectivity index (χ3v) is 4.30. The van der Waals surface area contributed by atoms with E-state index < -0.39 is 9.84 Å². The second-order valence-corrected chi connectivity index (χ2v) is 6.16. The maximum atomic E-state index is 12.0. The predicted molar refractivity (Wildman–Crippen MR) is 74.8 cm³/mol. The number of ether oxygens (including phenoxy) is 1. The van der Waals surface area contributed by atoms with Crippen LogP contribution >= 0.6 is 0 Å². The minimum atomic E-state index is -3.33. The minimum absolute atomic E-state index is 0.0637. The van der Waals surface area contributed by atoms with E-state index in [1.54, 1.807) is 24.3 Å². The molecule has 0 unspecified atom stereocenters. The average Bonchev–Trinajstić information content (AvgIpc) is 2.40. The van der Waals surface area contributed by atoms with E-state index in [-0.39, 0.29) is 17.3 Å². The lowest BCUT2D eigenvalue weighted by Crippen LogP contribution is -2.14. The highest BCUT2D eigenvalue weighted by Crippen LogP contribution is 2.14. The van der Waals surface area contributed by atoms with Crippen LogP contribution in [0.25, 0.3) is 0 Å². The van der Waals surface area contributed by atoms with Crippen molar-refractivity contribution in [2.45, 2.75) is 4.90 Å². The molecule has 0 aromatic heterocycles. The molecule has 0 amide bonds. The molecule has 0 fully saturated rings. The van der Waals surface area contributed by atoms with Gasteiger partial charge in [0, 0.05) is 5.69 Å². The van der Waals surface area contributed by atoms with Gasteiger partial charge < -0.3 is 10.5 Å². The monoisotopic (exact) mass is 277 g/mol. The van der Waals surface area contributed by atoms with Gasteiger partial charge in [-0.25, -0.2) is 8.42 Å². The van der Waals surface area contributed by atoms with E-state index in [2.05, 4.69) is 0 Å². The number of nitrogens with two attached hydrogens (primary N) is 1. The first-order chi connectivity index (χ1) is 9.08. The number of hydrogen-bond donors (Lipinski definition) is 1. The van der Waals surface area contributed by atoms with Crippen molar-refractivity contribution in [1.29, 1.82) is 0 Å². The molecule has 0 bridgehead atoms. The van der Waals surface area contributed by atoms with Crippen molar-refractivity contribution >= 4 is 15.5 Å². The van der Waals surface area contributed by atoms with Crippen LogP contribution in [0.15, 0.2) is 59.5 Å². The van der Waals surface area contributed by atoms with Crippen molar-refractivity contribution in [3.8, 4) is 5.75 Å². The van der Waals surface area contributed by atoms with E-state index in [0.717, 1.165) is 0 Å². The lowest BCUT2D eigenvalue weighted by molar-refractivity contribution is 0.341. The average molecular weight is 277 g/mol. The summed E-state index contributed by atoms with van der Waals surface area (Å²) in [4.78, 5) is 0.262. The second-order valence-electron chi connectivity index (χ2n) is 4.05. The molecule has 0 radical (unpaired) electrons. The lowest BCUT2D eigenvalue weighted by Gasteiger charge is -2.07. The van der Waals surface area contributed by atoms with Crippen molar-refractivity contribution in [3.63, 3.8) is 0 Å². The van der Waals surface area contributed by atoms with Gasteiger partial charge in [-0.1, -0.05) is 18.2 Å².